The van der Waals surface area contributed by atoms with Crippen LogP contribution in [0, 0.1) is 0 Å². The number of thioether (sulfide) groups is 1. The normalized spacial score (nSPS) is 15.3. The molecule has 0 spiro atoms. The van der Waals surface area contributed by atoms with Gasteiger partial charge in [0.25, 0.3) is 5.91 Å². The number of rotatable bonds is 9. The van der Waals surface area contributed by atoms with Gasteiger partial charge in [-0.15, -0.1) is 0 Å². The van der Waals surface area contributed by atoms with Crippen LogP contribution in [0.4, 0.5) is 0 Å². The highest BCUT2D eigenvalue weighted by molar-refractivity contribution is 8.26. The predicted octanol–water partition coefficient (Wildman–Crippen LogP) is 6.09. The Morgan fingerprint density at radius 3 is 2.48 bits per heavy atom. The fraction of sp³-hybridized carbons (Fsp3) is 0.240. The molecule has 3 rings (SSSR count). The van der Waals surface area contributed by atoms with Gasteiger partial charge < -0.3 is 4.74 Å². The lowest BCUT2D eigenvalue weighted by molar-refractivity contribution is -0.129. The van der Waals surface area contributed by atoms with Crippen LogP contribution in [0.5, 0.6) is 5.75 Å². The van der Waals surface area contributed by atoms with Crippen molar-refractivity contribution in [2.24, 2.45) is 0 Å². The highest BCUT2D eigenvalue weighted by Gasteiger charge is 2.31. The highest BCUT2D eigenvalue weighted by Crippen LogP contribution is 2.33. The number of esters is 1. The molecule has 1 amide bonds. The third kappa shape index (κ3) is 6.91. The number of ether oxygens (including phenoxy) is 1. The summed E-state index contributed by atoms with van der Waals surface area (Å²) in [4.78, 5) is 27.0. The maximum Gasteiger partial charge on any atom is 0.336 e. The molecule has 0 unspecified atom stereocenters. The van der Waals surface area contributed by atoms with E-state index in [0.29, 0.717) is 21.5 Å². The molecule has 1 fully saturated rings. The van der Waals surface area contributed by atoms with Gasteiger partial charge in [-0.05, 0) is 41.8 Å². The second kappa shape index (κ2) is 11.6. The van der Waals surface area contributed by atoms with E-state index >= 15 is 0 Å². The van der Waals surface area contributed by atoms with Crippen LogP contribution < -0.4 is 4.74 Å². The lowest BCUT2D eigenvalue weighted by Crippen LogP contribution is -2.28. The van der Waals surface area contributed by atoms with Crippen molar-refractivity contribution in [3.05, 3.63) is 76.7 Å². The number of unbranched alkanes of at least 4 members (excludes halogenated alkanes) is 3. The van der Waals surface area contributed by atoms with Gasteiger partial charge in [-0.3, -0.25) is 9.69 Å². The minimum Gasteiger partial charge on any atom is -0.423 e. The van der Waals surface area contributed by atoms with Crippen molar-refractivity contribution in [1.82, 2.24) is 4.90 Å². The molecule has 1 aliphatic rings. The van der Waals surface area contributed by atoms with Gasteiger partial charge in [-0.25, -0.2) is 4.79 Å². The molecule has 1 saturated heterocycles. The molecule has 31 heavy (non-hydrogen) atoms. The summed E-state index contributed by atoms with van der Waals surface area (Å²) in [7, 11) is 0. The van der Waals surface area contributed by atoms with E-state index in [9.17, 15) is 9.59 Å². The van der Waals surface area contributed by atoms with Gasteiger partial charge in [0.15, 0.2) is 0 Å². The first-order valence-electron chi connectivity index (χ1n) is 10.4. The molecule has 0 aromatic heterocycles. The molecule has 1 heterocycles. The second-order valence-electron chi connectivity index (χ2n) is 7.13. The summed E-state index contributed by atoms with van der Waals surface area (Å²) in [6.07, 6.45) is 9.33. The lowest BCUT2D eigenvalue weighted by atomic mass is 10.2. The van der Waals surface area contributed by atoms with Crippen molar-refractivity contribution in [2.45, 2.75) is 32.6 Å². The van der Waals surface area contributed by atoms with Gasteiger partial charge in [-0.1, -0.05) is 92.6 Å². The van der Waals surface area contributed by atoms with E-state index < -0.39 is 5.97 Å². The van der Waals surface area contributed by atoms with Gasteiger partial charge in [0, 0.05) is 12.6 Å². The Morgan fingerprint density at radius 2 is 1.77 bits per heavy atom. The number of thiocarbonyl (C=S) groups is 1. The standard InChI is InChI=1S/C25H25NO3S2/c1-2-3-4-8-17-26-24(28)22(31-25(26)30)18-20-11-14-21(15-12-20)29-23(27)16-13-19-9-6-5-7-10-19/h5-7,9-16,18H,2-4,8,17H2,1H3/b16-13+,22-18+. The smallest absolute Gasteiger partial charge is 0.336 e. The first-order valence-corrected chi connectivity index (χ1v) is 11.6. The van der Waals surface area contributed by atoms with Crippen LogP contribution >= 0.6 is 24.0 Å². The van der Waals surface area contributed by atoms with Gasteiger partial charge in [0.05, 0.1) is 4.91 Å². The summed E-state index contributed by atoms with van der Waals surface area (Å²) >= 11 is 6.71. The van der Waals surface area contributed by atoms with Crippen molar-refractivity contribution >= 4 is 52.3 Å². The van der Waals surface area contributed by atoms with Gasteiger partial charge in [-0.2, -0.15) is 0 Å². The Bertz CT molecular complexity index is 982. The molecule has 160 valence electrons. The molecule has 6 heteroatoms. The largest absolute Gasteiger partial charge is 0.423 e. The molecule has 2 aromatic rings. The number of benzene rings is 2. The maximum atomic E-state index is 12.7. The number of hydrogen-bond acceptors (Lipinski definition) is 5. The summed E-state index contributed by atoms with van der Waals surface area (Å²) in [6.45, 7) is 2.84. The zero-order chi connectivity index (χ0) is 22.1. The Morgan fingerprint density at radius 1 is 1.03 bits per heavy atom. The highest BCUT2D eigenvalue weighted by atomic mass is 32.2. The summed E-state index contributed by atoms with van der Waals surface area (Å²) in [5.74, 6) is -0.0306. The summed E-state index contributed by atoms with van der Waals surface area (Å²) < 4.78 is 5.95. The minimum absolute atomic E-state index is 0.0342. The molecule has 0 bridgehead atoms. The van der Waals surface area contributed by atoms with Crippen molar-refractivity contribution in [3.63, 3.8) is 0 Å². The van der Waals surface area contributed by atoms with Crippen LogP contribution in [0.25, 0.3) is 12.2 Å². The molecular weight excluding hydrogens is 426 g/mol. The molecule has 2 aromatic carbocycles. The van der Waals surface area contributed by atoms with Gasteiger partial charge in [0.1, 0.15) is 10.1 Å². The fourth-order valence-electron chi connectivity index (χ4n) is 3.05. The zero-order valence-corrected chi connectivity index (χ0v) is 19.1. The molecular formula is C25H25NO3S2. The van der Waals surface area contributed by atoms with Crippen molar-refractivity contribution < 1.29 is 14.3 Å². The monoisotopic (exact) mass is 451 g/mol. The molecule has 4 nitrogen and oxygen atoms in total. The number of carbonyl (C=O) groups excluding carboxylic acids is 2. The minimum atomic E-state index is -0.444. The topological polar surface area (TPSA) is 46.6 Å². The Labute approximate surface area is 193 Å². The lowest BCUT2D eigenvalue weighted by Gasteiger charge is -2.13. The number of hydrogen-bond donors (Lipinski definition) is 0. The van der Waals surface area contributed by atoms with Gasteiger partial charge in [0.2, 0.25) is 0 Å². The molecule has 0 radical (unpaired) electrons. The van der Waals surface area contributed by atoms with E-state index in [1.54, 1.807) is 23.1 Å². The molecule has 0 aliphatic carbocycles. The van der Waals surface area contributed by atoms with Crippen LogP contribution in [0.3, 0.4) is 0 Å². The third-order valence-electron chi connectivity index (χ3n) is 4.72. The number of amides is 1. The Kier molecular flexibility index (Phi) is 8.62. The van der Waals surface area contributed by atoms with E-state index in [2.05, 4.69) is 6.92 Å². The Balaban J connectivity index is 1.56. The average Bonchev–Trinajstić information content (AvgIpc) is 3.04. The van der Waals surface area contributed by atoms with Crippen LogP contribution in [0.2, 0.25) is 0 Å². The van der Waals surface area contributed by atoms with Crippen LogP contribution in [-0.2, 0) is 9.59 Å². The summed E-state index contributed by atoms with van der Waals surface area (Å²) in [5.41, 5.74) is 1.78. The zero-order valence-electron chi connectivity index (χ0n) is 17.5. The van der Waals surface area contributed by atoms with Crippen LogP contribution in [-0.4, -0.2) is 27.6 Å². The van der Waals surface area contributed by atoms with Crippen LogP contribution in [0.15, 0.2) is 65.6 Å². The second-order valence-corrected chi connectivity index (χ2v) is 8.80. The van der Waals surface area contributed by atoms with E-state index in [1.165, 1.54) is 24.3 Å². The molecule has 0 atom stereocenters. The van der Waals surface area contributed by atoms with Crippen molar-refractivity contribution in [3.8, 4) is 5.75 Å². The molecule has 1 aliphatic heterocycles. The van der Waals surface area contributed by atoms with E-state index in [-0.39, 0.29) is 5.91 Å². The average molecular weight is 452 g/mol. The van der Waals surface area contributed by atoms with Crippen molar-refractivity contribution in [2.75, 3.05) is 6.54 Å². The molecule has 0 saturated carbocycles. The number of nitrogens with zero attached hydrogens (tertiary/aromatic N) is 1. The van der Waals surface area contributed by atoms with E-state index in [1.807, 2.05) is 48.5 Å². The first-order chi connectivity index (χ1) is 15.1. The number of carbonyl (C=O) groups is 2. The van der Waals surface area contributed by atoms with E-state index in [4.69, 9.17) is 17.0 Å². The quantitative estimate of drug-likeness (QED) is 0.152. The SMILES string of the molecule is CCCCCCN1C(=O)/C(=C\c2ccc(OC(=O)/C=C/c3ccccc3)cc2)SC1=S. The fourth-order valence-corrected chi connectivity index (χ4v) is 4.36. The molecule has 0 N–H and O–H groups in total. The third-order valence-corrected chi connectivity index (χ3v) is 6.09. The van der Waals surface area contributed by atoms with E-state index in [0.717, 1.165) is 30.4 Å². The maximum absolute atomic E-state index is 12.7. The van der Waals surface area contributed by atoms with Gasteiger partial charge >= 0.3 is 5.97 Å². The summed E-state index contributed by atoms with van der Waals surface area (Å²) in [6, 6.07) is 16.6. The van der Waals surface area contributed by atoms with Crippen molar-refractivity contribution in [1.29, 1.82) is 0 Å². The van der Waals surface area contributed by atoms with Crippen LogP contribution in [0.1, 0.15) is 43.7 Å². The Hall–Kier alpha value is -2.70. The predicted molar refractivity (Wildman–Crippen MR) is 132 cm³/mol. The first kappa shape index (κ1) is 23.0. The summed E-state index contributed by atoms with van der Waals surface area (Å²) in [5, 5.41) is 0.